The lowest BCUT2D eigenvalue weighted by Gasteiger charge is -2.12. The maximum atomic E-state index is 13.4. The van der Waals surface area contributed by atoms with Gasteiger partial charge in [0.1, 0.15) is 16.4 Å². The third-order valence-corrected chi connectivity index (χ3v) is 5.04. The highest BCUT2D eigenvalue weighted by atomic mass is 32.2. The molecule has 0 fully saturated rings. The van der Waals surface area contributed by atoms with E-state index in [0.717, 1.165) is 6.07 Å². The molecule has 1 aromatic heterocycles. The molecule has 1 N–H and O–H groups in total. The predicted molar refractivity (Wildman–Crippen MR) is 90.9 cm³/mol. The number of benzene rings is 2. The molecule has 0 saturated heterocycles. The molecule has 0 bridgehead atoms. The van der Waals surface area contributed by atoms with Crippen molar-refractivity contribution in [1.82, 2.24) is 9.78 Å². The van der Waals surface area contributed by atoms with Crippen molar-refractivity contribution in [1.29, 1.82) is 0 Å². The van der Waals surface area contributed by atoms with Crippen molar-refractivity contribution in [3.63, 3.8) is 0 Å². The van der Waals surface area contributed by atoms with Crippen LogP contribution in [0.4, 0.5) is 23.2 Å². The zero-order chi connectivity index (χ0) is 19.8. The van der Waals surface area contributed by atoms with Crippen molar-refractivity contribution in [3.8, 4) is 11.3 Å². The van der Waals surface area contributed by atoms with E-state index in [1.807, 2.05) is 4.72 Å². The van der Waals surface area contributed by atoms with Crippen LogP contribution in [0, 0.1) is 5.82 Å². The fourth-order valence-corrected chi connectivity index (χ4v) is 3.73. The Morgan fingerprint density at radius 3 is 2.37 bits per heavy atom. The predicted octanol–water partition coefficient (Wildman–Crippen LogP) is 4.05. The van der Waals surface area contributed by atoms with Crippen LogP contribution in [-0.2, 0) is 23.2 Å². The number of rotatable bonds is 4. The Labute approximate surface area is 152 Å². The molecule has 1 heterocycles. The number of anilines is 1. The summed E-state index contributed by atoms with van der Waals surface area (Å²) in [6, 6.07) is 10.3. The van der Waals surface area contributed by atoms with Crippen LogP contribution in [0.3, 0.4) is 0 Å². The molecule has 0 radical (unpaired) electrons. The van der Waals surface area contributed by atoms with E-state index in [4.69, 9.17) is 0 Å². The molecule has 0 aliphatic rings. The van der Waals surface area contributed by atoms with Crippen LogP contribution in [0.25, 0.3) is 11.3 Å². The van der Waals surface area contributed by atoms with Crippen LogP contribution in [0.15, 0.2) is 59.6 Å². The van der Waals surface area contributed by atoms with Crippen LogP contribution in [0.2, 0.25) is 0 Å². The fraction of sp³-hybridized carbons (Fsp3) is 0.118. The van der Waals surface area contributed by atoms with Crippen LogP contribution in [-0.4, -0.2) is 18.2 Å². The van der Waals surface area contributed by atoms with E-state index >= 15 is 0 Å². The van der Waals surface area contributed by atoms with Gasteiger partial charge in [0.05, 0.1) is 5.56 Å². The molecule has 0 amide bonds. The number of aromatic nitrogens is 2. The Bertz CT molecular complexity index is 1080. The number of sulfonamides is 1. The van der Waals surface area contributed by atoms with Crippen LogP contribution in [0.5, 0.6) is 0 Å². The fourth-order valence-electron chi connectivity index (χ4n) is 2.48. The zero-order valence-electron chi connectivity index (χ0n) is 13.8. The minimum absolute atomic E-state index is 0.142. The van der Waals surface area contributed by atoms with Gasteiger partial charge in [0.2, 0.25) is 0 Å². The second-order valence-electron chi connectivity index (χ2n) is 5.68. The average Bonchev–Trinajstić information content (AvgIpc) is 2.99. The number of alkyl halides is 3. The first-order valence-electron chi connectivity index (χ1n) is 7.56. The van der Waals surface area contributed by atoms with Crippen LogP contribution < -0.4 is 4.72 Å². The van der Waals surface area contributed by atoms with Gasteiger partial charge in [-0.3, -0.25) is 9.40 Å². The van der Waals surface area contributed by atoms with E-state index in [9.17, 15) is 26.0 Å². The largest absolute Gasteiger partial charge is 0.419 e. The zero-order valence-corrected chi connectivity index (χ0v) is 14.6. The van der Waals surface area contributed by atoms with Crippen molar-refractivity contribution in [3.05, 3.63) is 66.1 Å². The third kappa shape index (κ3) is 3.95. The first-order valence-corrected chi connectivity index (χ1v) is 9.05. The lowest BCUT2D eigenvalue weighted by atomic mass is 10.2. The van der Waals surface area contributed by atoms with Crippen molar-refractivity contribution in [2.45, 2.75) is 11.1 Å². The summed E-state index contributed by atoms with van der Waals surface area (Å²) in [4.78, 5) is -0.214. The number of nitrogens with zero attached hydrogens (tertiary/aromatic N) is 2. The molecule has 0 spiro atoms. The molecule has 142 valence electrons. The summed E-state index contributed by atoms with van der Waals surface area (Å²) in [5.74, 6) is -1.49. The molecule has 3 rings (SSSR count). The van der Waals surface area contributed by atoms with Gasteiger partial charge in [0.25, 0.3) is 10.0 Å². The normalized spacial score (nSPS) is 12.2. The molecular formula is C17H13F4N3O2S. The van der Waals surface area contributed by atoms with E-state index < -0.39 is 33.3 Å². The monoisotopic (exact) mass is 399 g/mol. The molecule has 27 heavy (non-hydrogen) atoms. The van der Waals surface area contributed by atoms with Crippen molar-refractivity contribution < 1.29 is 26.0 Å². The highest BCUT2D eigenvalue weighted by Gasteiger charge is 2.34. The van der Waals surface area contributed by atoms with Crippen molar-refractivity contribution >= 4 is 15.7 Å². The van der Waals surface area contributed by atoms with Crippen LogP contribution in [0.1, 0.15) is 5.56 Å². The standard InChI is InChI=1S/C17H13F4N3O2S/c1-24-10-15(16(22-24)11-5-3-2-4-6-11)27(25,26)23-12-7-8-14(18)13(9-12)17(19,20)21/h2-10,23H,1H3. The summed E-state index contributed by atoms with van der Waals surface area (Å²) in [5.41, 5.74) is -1.30. The summed E-state index contributed by atoms with van der Waals surface area (Å²) in [5, 5.41) is 4.12. The number of hydrogen-bond acceptors (Lipinski definition) is 3. The van der Waals surface area contributed by atoms with Gasteiger partial charge in [0.15, 0.2) is 0 Å². The number of nitrogens with one attached hydrogen (secondary N) is 1. The average molecular weight is 399 g/mol. The molecule has 0 unspecified atom stereocenters. The Hall–Kier alpha value is -2.88. The summed E-state index contributed by atoms with van der Waals surface area (Å²) < 4.78 is 80.7. The summed E-state index contributed by atoms with van der Waals surface area (Å²) in [6.07, 6.45) is -3.71. The Morgan fingerprint density at radius 1 is 1.07 bits per heavy atom. The van der Waals surface area contributed by atoms with Gasteiger partial charge in [0, 0.05) is 24.5 Å². The third-order valence-electron chi connectivity index (χ3n) is 3.66. The Balaban J connectivity index is 2.02. The molecule has 0 saturated carbocycles. The molecule has 5 nitrogen and oxygen atoms in total. The van der Waals surface area contributed by atoms with E-state index in [1.165, 1.54) is 17.9 Å². The molecule has 0 aliphatic heterocycles. The number of hydrogen-bond donors (Lipinski definition) is 1. The quantitative estimate of drug-likeness (QED) is 0.674. The number of aryl methyl sites for hydroxylation is 1. The van der Waals surface area contributed by atoms with E-state index in [2.05, 4.69) is 5.10 Å². The summed E-state index contributed by atoms with van der Waals surface area (Å²) in [6.45, 7) is 0. The van der Waals surface area contributed by atoms with Crippen molar-refractivity contribution in [2.24, 2.45) is 7.05 Å². The summed E-state index contributed by atoms with van der Waals surface area (Å²) in [7, 11) is -2.75. The topological polar surface area (TPSA) is 64.0 Å². The maximum Gasteiger partial charge on any atom is 0.419 e. The van der Waals surface area contributed by atoms with Gasteiger partial charge < -0.3 is 0 Å². The second-order valence-corrected chi connectivity index (χ2v) is 7.33. The van der Waals surface area contributed by atoms with E-state index in [1.54, 1.807) is 30.3 Å². The highest BCUT2D eigenvalue weighted by molar-refractivity contribution is 7.92. The minimum atomic E-state index is -4.95. The highest BCUT2D eigenvalue weighted by Crippen LogP contribution is 2.34. The molecule has 0 atom stereocenters. The molecular weight excluding hydrogens is 386 g/mol. The Kier molecular flexibility index (Phi) is 4.68. The molecule has 0 aliphatic carbocycles. The van der Waals surface area contributed by atoms with Crippen LogP contribution >= 0.6 is 0 Å². The molecule has 2 aromatic carbocycles. The summed E-state index contributed by atoms with van der Waals surface area (Å²) >= 11 is 0. The first-order chi connectivity index (χ1) is 12.6. The van der Waals surface area contributed by atoms with Gasteiger partial charge in [-0.15, -0.1) is 0 Å². The van der Waals surface area contributed by atoms with E-state index in [0.29, 0.717) is 17.7 Å². The van der Waals surface area contributed by atoms with E-state index in [-0.39, 0.29) is 10.6 Å². The smallest absolute Gasteiger partial charge is 0.279 e. The molecule has 10 heteroatoms. The van der Waals surface area contributed by atoms with Gasteiger partial charge >= 0.3 is 6.18 Å². The minimum Gasteiger partial charge on any atom is -0.279 e. The van der Waals surface area contributed by atoms with Gasteiger partial charge in [-0.25, -0.2) is 12.8 Å². The van der Waals surface area contributed by atoms with Crippen molar-refractivity contribution in [2.75, 3.05) is 4.72 Å². The van der Waals surface area contributed by atoms with Gasteiger partial charge in [-0.05, 0) is 18.2 Å². The number of halogens is 4. The Morgan fingerprint density at radius 2 is 1.74 bits per heavy atom. The van der Waals surface area contributed by atoms with Gasteiger partial charge in [-0.1, -0.05) is 30.3 Å². The first kappa shape index (κ1) is 18.9. The maximum absolute atomic E-state index is 13.4. The lowest BCUT2D eigenvalue weighted by molar-refractivity contribution is -0.139. The van der Waals surface area contributed by atoms with Gasteiger partial charge in [-0.2, -0.15) is 18.3 Å². The molecule has 3 aromatic rings. The SMILES string of the molecule is Cn1cc(S(=O)(=O)Nc2ccc(F)c(C(F)(F)F)c2)c(-c2ccccc2)n1. The lowest BCUT2D eigenvalue weighted by Crippen LogP contribution is -2.15. The second kappa shape index (κ2) is 6.69.